The van der Waals surface area contributed by atoms with Crippen LogP contribution in [-0.4, -0.2) is 49.9 Å². The van der Waals surface area contributed by atoms with Gasteiger partial charge in [0, 0.05) is 11.1 Å². The number of allylic oxidation sites excluding steroid dienone is 1. The maximum absolute atomic E-state index is 12.3. The van der Waals surface area contributed by atoms with Crippen LogP contribution in [0.25, 0.3) is 0 Å². The Hall–Kier alpha value is -2.33. The first-order valence-corrected chi connectivity index (χ1v) is 8.88. The number of thioether (sulfide) groups is 1. The van der Waals surface area contributed by atoms with Crippen molar-refractivity contribution in [2.45, 2.75) is 17.8 Å². The van der Waals surface area contributed by atoms with E-state index >= 15 is 0 Å². The van der Waals surface area contributed by atoms with Crippen molar-refractivity contribution in [3.8, 4) is 0 Å². The fourth-order valence-corrected chi connectivity index (χ4v) is 4.50. The third-order valence-corrected chi connectivity index (χ3v) is 5.70. The summed E-state index contributed by atoms with van der Waals surface area (Å²) >= 11 is 2.63. The van der Waals surface area contributed by atoms with Gasteiger partial charge in [0.25, 0.3) is 5.91 Å². The maximum atomic E-state index is 12.3. The van der Waals surface area contributed by atoms with Crippen LogP contribution in [0.5, 0.6) is 0 Å². The highest BCUT2D eigenvalue weighted by atomic mass is 32.2. The molecule has 2 aliphatic rings. The summed E-state index contributed by atoms with van der Waals surface area (Å²) < 4.78 is 0. The summed E-state index contributed by atoms with van der Waals surface area (Å²) in [6, 6.07) is -0.737. The summed E-state index contributed by atoms with van der Waals surface area (Å²) in [6.07, 6.45) is 1.47. The molecule has 2 amide bonds. The minimum Gasteiger partial charge on any atom is -0.477 e. The van der Waals surface area contributed by atoms with Crippen molar-refractivity contribution in [1.29, 1.82) is 0 Å². The zero-order valence-electron chi connectivity index (χ0n) is 12.4. The molecule has 0 saturated carbocycles. The third kappa shape index (κ3) is 2.78. The SMILES string of the molecule is C=CC1=C(C(=O)O)N2C(=O)[C@H](NC(=O)Cc3csc(N)n3)[C@@H]2SC1. The van der Waals surface area contributed by atoms with Gasteiger partial charge in [0.2, 0.25) is 5.91 Å². The number of carboxylic acids is 1. The lowest BCUT2D eigenvalue weighted by molar-refractivity contribution is -0.150. The fourth-order valence-electron chi connectivity index (χ4n) is 2.59. The number of β-lactam (4-membered cyclic amide) rings is 1. The van der Waals surface area contributed by atoms with E-state index in [-0.39, 0.29) is 18.0 Å². The number of thiazole rings is 1. The van der Waals surface area contributed by atoms with Gasteiger partial charge in [-0.2, -0.15) is 0 Å². The normalized spacial score (nSPS) is 22.7. The van der Waals surface area contributed by atoms with E-state index in [1.54, 1.807) is 5.38 Å². The van der Waals surface area contributed by atoms with E-state index in [1.165, 1.54) is 34.1 Å². The Morgan fingerprint density at radius 3 is 2.92 bits per heavy atom. The molecule has 2 atom stereocenters. The van der Waals surface area contributed by atoms with Gasteiger partial charge in [0.05, 0.1) is 12.1 Å². The summed E-state index contributed by atoms with van der Waals surface area (Å²) in [5.41, 5.74) is 6.49. The number of nitrogens with two attached hydrogens (primary N) is 1. The van der Waals surface area contributed by atoms with Crippen LogP contribution in [0.3, 0.4) is 0 Å². The molecule has 2 aliphatic heterocycles. The molecule has 0 radical (unpaired) electrons. The Balaban J connectivity index is 1.69. The first kappa shape index (κ1) is 16.5. The zero-order chi connectivity index (χ0) is 17.4. The van der Waals surface area contributed by atoms with Crippen LogP contribution in [0.1, 0.15) is 5.69 Å². The van der Waals surface area contributed by atoms with Crippen LogP contribution < -0.4 is 11.1 Å². The Bertz CT molecular complexity index is 773. The first-order valence-electron chi connectivity index (χ1n) is 6.95. The van der Waals surface area contributed by atoms with E-state index in [1.807, 2.05) is 0 Å². The molecule has 0 bridgehead atoms. The van der Waals surface area contributed by atoms with Crippen LogP contribution in [-0.2, 0) is 20.8 Å². The minimum absolute atomic E-state index is 0.0222. The maximum Gasteiger partial charge on any atom is 0.352 e. The minimum atomic E-state index is -1.17. The number of hydrogen-bond acceptors (Lipinski definition) is 7. The van der Waals surface area contributed by atoms with Gasteiger partial charge in [-0.1, -0.05) is 12.7 Å². The van der Waals surface area contributed by atoms with Crippen molar-refractivity contribution in [2.24, 2.45) is 0 Å². The van der Waals surface area contributed by atoms with Crippen molar-refractivity contribution < 1.29 is 19.5 Å². The summed E-state index contributed by atoms with van der Waals surface area (Å²) in [7, 11) is 0. The lowest BCUT2D eigenvalue weighted by atomic mass is 10.0. The van der Waals surface area contributed by atoms with E-state index in [2.05, 4.69) is 16.9 Å². The van der Waals surface area contributed by atoms with Crippen molar-refractivity contribution in [3.63, 3.8) is 0 Å². The Labute approximate surface area is 145 Å². The number of aliphatic carboxylic acids is 1. The molecule has 1 saturated heterocycles. The number of fused-ring (bicyclic) bond motifs is 1. The molecule has 0 spiro atoms. The van der Waals surface area contributed by atoms with Crippen molar-refractivity contribution >= 4 is 46.0 Å². The monoisotopic (exact) mass is 366 g/mol. The highest BCUT2D eigenvalue weighted by Gasteiger charge is 2.53. The van der Waals surface area contributed by atoms with Gasteiger partial charge >= 0.3 is 5.97 Å². The lowest BCUT2D eigenvalue weighted by Gasteiger charge is -2.49. The number of carbonyl (C=O) groups excluding carboxylic acids is 2. The molecule has 0 aliphatic carbocycles. The molecule has 3 heterocycles. The van der Waals surface area contributed by atoms with Crippen LogP contribution in [0.2, 0.25) is 0 Å². The average molecular weight is 366 g/mol. The third-order valence-electron chi connectivity index (χ3n) is 3.67. The largest absolute Gasteiger partial charge is 0.477 e. The molecule has 1 fully saturated rings. The molecule has 4 N–H and O–H groups in total. The molecule has 3 rings (SSSR count). The van der Waals surface area contributed by atoms with Crippen LogP contribution in [0.15, 0.2) is 29.3 Å². The van der Waals surface area contributed by atoms with E-state index in [9.17, 15) is 19.5 Å². The molecule has 1 aromatic rings. The lowest BCUT2D eigenvalue weighted by Crippen LogP contribution is -2.70. The second-order valence-corrected chi connectivity index (χ2v) is 7.19. The Morgan fingerprint density at radius 1 is 1.58 bits per heavy atom. The van der Waals surface area contributed by atoms with Gasteiger partial charge in [-0.05, 0) is 5.57 Å². The molecule has 0 aromatic carbocycles. The van der Waals surface area contributed by atoms with Gasteiger partial charge in [-0.25, -0.2) is 9.78 Å². The number of carbonyl (C=O) groups is 3. The number of amides is 2. The molecular weight excluding hydrogens is 352 g/mol. The van der Waals surface area contributed by atoms with Crippen LogP contribution in [0, 0.1) is 0 Å². The molecule has 24 heavy (non-hydrogen) atoms. The van der Waals surface area contributed by atoms with E-state index in [0.717, 1.165) is 0 Å². The smallest absolute Gasteiger partial charge is 0.352 e. The van der Waals surface area contributed by atoms with Crippen molar-refractivity contribution in [2.75, 3.05) is 11.5 Å². The number of nitrogen functional groups attached to an aromatic ring is 1. The summed E-state index contributed by atoms with van der Waals surface area (Å²) in [4.78, 5) is 41.0. The number of nitrogens with one attached hydrogen (secondary N) is 1. The summed E-state index contributed by atoms with van der Waals surface area (Å²) in [5, 5.41) is 13.6. The highest BCUT2D eigenvalue weighted by molar-refractivity contribution is 8.00. The molecule has 10 heteroatoms. The number of aromatic nitrogens is 1. The predicted octanol–water partition coefficient (Wildman–Crippen LogP) is 0.192. The standard InChI is InChI=1S/C14H14N4O4S2/c1-2-6-4-23-12-9(11(20)18(12)10(6)13(21)22)17-8(19)3-7-5-24-14(15)16-7/h2,5,9,12H,1,3-4H2,(H2,15,16)(H,17,19)(H,21,22)/t9-,12-/m0/s1. The number of rotatable bonds is 5. The predicted molar refractivity (Wildman–Crippen MR) is 90.1 cm³/mol. The second kappa shape index (κ2) is 6.29. The van der Waals surface area contributed by atoms with Gasteiger partial charge in [-0.15, -0.1) is 23.1 Å². The first-order chi connectivity index (χ1) is 11.4. The topological polar surface area (TPSA) is 126 Å². The van der Waals surface area contributed by atoms with Gasteiger partial charge in [0.15, 0.2) is 5.13 Å². The number of anilines is 1. The average Bonchev–Trinajstić information content (AvgIpc) is 2.95. The fraction of sp³-hybridized carbons (Fsp3) is 0.286. The van der Waals surface area contributed by atoms with E-state index < -0.39 is 23.3 Å². The zero-order valence-corrected chi connectivity index (χ0v) is 14.0. The Morgan fingerprint density at radius 2 is 2.33 bits per heavy atom. The number of carboxylic acid groups (broad SMARTS) is 1. The highest BCUT2D eigenvalue weighted by Crippen LogP contribution is 2.40. The van der Waals surface area contributed by atoms with Gasteiger partial charge in [0.1, 0.15) is 17.1 Å². The number of hydrogen-bond donors (Lipinski definition) is 3. The Kier molecular flexibility index (Phi) is 4.33. The summed E-state index contributed by atoms with van der Waals surface area (Å²) in [6.45, 7) is 3.58. The van der Waals surface area contributed by atoms with Crippen molar-refractivity contribution in [1.82, 2.24) is 15.2 Å². The molecule has 8 nitrogen and oxygen atoms in total. The molecule has 1 aromatic heterocycles. The molecular formula is C14H14N4O4S2. The molecule has 126 valence electrons. The molecule has 0 unspecified atom stereocenters. The van der Waals surface area contributed by atoms with Gasteiger partial charge < -0.3 is 16.2 Å². The van der Waals surface area contributed by atoms with Crippen LogP contribution in [0.4, 0.5) is 5.13 Å². The quantitative estimate of drug-likeness (QED) is 0.635. The number of nitrogens with zero attached hydrogens (tertiary/aromatic N) is 2. The van der Waals surface area contributed by atoms with Crippen molar-refractivity contribution in [3.05, 3.63) is 35.0 Å². The second-order valence-electron chi connectivity index (χ2n) is 5.19. The van der Waals surface area contributed by atoms with E-state index in [0.29, 0.717) is 22.2 Å². The van der Waals surface area contributed by atoms with Gasteiger partial charge in [-0.3, -0.25) is 14.5 Å². The van der Waals surface area contributed by atoms with Crippen LogP contribution >= 0.6 is 23.1 Å². The van der Waals surface area contributed by atoms with E-state index in [4.69, 9.17) is 5.73 Å². The summed E-state index contributed by atoms with van der Waals surface area (Å²) in [5.74, 6) is -1.54.